The molecule has 1 atom stereocenters. The highest BCUT2D eigenvalue weighted by Crippen LogP contribution is 2.43. The summed E-state index contributed by atoms with van der Waals surface area (Å²) in [5.74, 6) is -0.766. The molecule has 4 rings (SSSR count). The highest BCUT2D eigenvalue weighted by molar-refractivity contribution is 7.14. The maximum Gasteiger partial charge on any atom is 0.290 e. The third-order valence-electron chi connectivity index (χ3n) is 6.39. The van der Waals surface area contributed by atoms with E-state index in [2.05, 4.69) is 16.8 Å². The number of rotatable bonds is 10. The summed E-state index contributed by atoms with van der Waals surface area (Å²) in [6, 6.07) is 6.73. The molecule has 1 fully saturated rings. The summed E-state index contributed by atoms with van der Waals surface area (Å²) in [6.45, 7) is 10.1. The largest absolute Gasteiger partial charge is 0.503 e. The van der Waals surface area contributed by atoms with Gasteiger partial charge in [-0.2, -0.15) is 0 Å². The van der Waals surface area contributed by atoms with Gasteiger partial charge in [-0.25, -0.2) is 4.98 Å². The third-order valence-corrected chi connectivity index (χ3v) is 7.46. The third kappa shape index (κ3) is 5.42. The smallest absolute Gasteiger partial charge is 0.290 e. The Hall–Kier alpha value is -2.75. The van der Waals surface area contributed by atoms with E-state index >= 15 is 0 Å². The molecule has 9 heteroatoms. The zero-order valence-corrected chi connectivity index (χ0v) is 21.4. The van der Waals surface area contributed by atoms with Gasteiger partial charge in [-0.05, 0) is 26.3 Å². The van der Waals surface area contributed by atoms with Crippen molar-refractivity contribution in [2.45, 2.75) is 39.7 Å². The highest BCUT2D eigenvalue weighted by Gasteiger charge is 2.45. The zero-order valence-electron chi connectivity index (χ0n) is 20.6. The molecule has 1 amide bonds. The van der Waals surface area contributed by atoms with Crippen molar-refractivity contribution in [1.29, 1.82) is 0 Å². The number of Topliss-reactive ketones (excluding diaryl/α,β-unsaturated/α-hetero) is 1. The first-order chi connectivity index (χ1) is 16.9. The molecular formula is C26H33N3O5S. The Morgan fingerprint density at radius 3 is 2.66 bits per heavy atom. The molecular weight excluding hydrogens is 466 g/mol. The van der Waals surface area contributed by atoms with Crippen molar-refractivity contribution in [3.63, 3.8) is 0 Å². The first-order valence-electron chi connectivity index (χ1n) is 12.2. The lowest BCUT2D eigenvalue weighted by molar-refractivity contribution is -0.129. The number of carbonyl (C=O) groups is 2. The Balaban J connectivity index is 1.72. The number of aryl methyl sites for hydroxylation is 2. The number of morpholine rings is 1. The van der Waals surface area contributed by atoms with Crippen molar-refractivity contribution < 1.29 is 24.2 Å². The van der Waals surface area contributed by atoms with Gasteiger partial charge in [0.1, 0.15) is 5.75 Å². The van der Waals surface area contributed by atoms with Crippen molar-refractivity contribution in [2.24, 2.45) is 0 Å². The van der Waals surface area contributed by atoms with Crippen molar-refractivity contribution in [3.8, 4) is 5.75 Å². The lowest BCUT2D eigenvalue weighted by Crippen LogP contribution is -2.43. The summed E-state index contributed by atoms with van der Waals surface area (Å²) in [5, 5.41) is 11.8. The molecule has 8 nitrogen and oxygen atoms in total. The number of unbranched alkanes of at least 4 members (excludes halogenated alkanes) is 1. The number of ether oxygens (including phenoxy) is 2. The van der Waals surface area contributed by atoms with Crippen LogP contribution in [0.4, 0.5) is 0 Å². The molecule has 1 aromatic heterocycles. The number of aliphatic hydroxyl groups is 1. The second-order valence-electron chi connectivity index (χ2n) is 8.83. The number of hydrogen-bond donors (Lipinski definition) is 1. The molecule has 188 valence electrons. The molecule has 1 saturated heterocycles. The first kappa shape index (κ1) is 25.3. The van der Waals surface area contributed by atoms with Crippen LogP contribution in [-0.2, 0) is 9.53 Å². The number of amides is 1. The average molecular weight is 500 g/mol. The second kappa shape index (κ2) is 11.3. The van der Waals surface area contributed by atoms with Crippen LogP contribution in [0.5, 0.6) is 5.75 Å². The molecule has 1 N–H and O–H groups in total. The number of para-hydroxylation sites is 1. The van der Waals surface area contributed by atoms with E-state index in [4.69, 9.17) is 9.47 Å². The molecule has 0 saturated carbocycles. The standard InChI is InChI=1S/C26H33N3O5S/c1-4-5-14-34-20-9-7-6-8-19(20)22-21(23(30)25-17(2)27-18(3)35-25)24(31)26(32)29(22)11-10-28-12-15-33-16-13-28/h6-9,22,31H,4-5,10-16H2,1-3H3. The molecule has 0 aliphatic carbocycles. The van der Waals surface area contributed by atoms with Crippen LogP contribution in [0.25, 0.3) is 0 Å². The van der Waals surface area contributed by atoms with Crippen LogP contribution in [0.1, 0.15) is 51.7 Å². The van der Waals surface area contributed by atoms with E-state index < -0.39 is 17.7 Å². The normalized spacial score (nSPS) is 19.0. The van der Waals surface area contributed by atoms with E-state index in [-0.39, 0.29) is 11.4 Å². The van der Waals surface area contributed by atoms with Crippen LogP contribution in [0.3, 0.4) is 0 Å². The van der Waals surface area contributed by atoms with E-state index in [1.54, 1.807) is 11.8 Å². The molecule has 0 spiro atoms. The minimum atomic E-state index is -0.740. The highest BCUT2D eigenvalue weighted by atomic mass is 32.1. The van der Waals surface area contributed by atoms with Crippen molar-refractivity contribution in [3.05, 3.63) is 56.7 Å². The molecule has 1 unspecified atom stereocenters. The number of ketones is 1. The summed E-state index contributed by atoms with van der Waals surface area (Å²) < 4.78 is 11.5. The Labute approximate surface area is 210 Å². The van der Waals surface area contributed by atoms with Gasteiger partial charge in [0.25, 0.3) is 5.91 Å². The van der Waals surface area contributed by atoms with E-state index in [9.17, 15) is 14.7 Å². The molecule has 2 aromatic rings. The molecule has 35 heavy (non-hydrogen) atoms. The maximum atomic E-state index is 13.7. The summed E-state index contributed by atoms with van der Waals surface area (Å²) in [6.07, 6.45) is 1.88. The first-order valence-corrected chi connectivity index (χ1v) is 13.0. The van der Waals surface area contributed by atoms with E-state index in [1.807, 2.05) is 31.2 Å². The fourth-order valence-electron chi connectivity index (χ4n) is 4.54. The fraction of sp³-hybridized carbons (Fsp3) is 0.500. The van der Waals surface area contributed by atoms with E-state index in [0.29, 0.717) is 54.8 Å². The summed E-state index contributed by atoms with van der Waals surface area (Å²) in [4.78, 5) is 35.7. The lowest BCUT2D eigenvalue weighted by Gasteiger charge is -2.32. The maximum absolute atomic E-state index is 13.7. The van der Waals surface area contributed by atoms with Crippen LogP contribution in [0.2, 0.25) is 0 Å². The van der Waals surface area contributed by atoms with Gasteiger partial charge in [0, 0.05) is 31.7 Å². The van der Waals surface area contributed by atoms with Crippen LogP contribution in [-0.4, -0.2) is 77.6 Å². The number of aliphatic hydroxyl groups excluding tert-OH is 1. The molecule has 0 radical (unpaired) electrons. The van der Waals surface area contributed by atoms with Gasteiger partial charge in [0.05, 0.1) is 47.0 Å². The van der Waals surface area contributed by atoms with Crippen LogP contribution >= 0.6 is 11.3 Å². The number of nitrogens with zero attached hydrogens (tertiary/aromatic N) is 3. The van der Waals surface area contributed by atoms with Gasteiger partial charge in [0.2, 0.25) is 5.78 Å². The summed E-state index contributed by atoms with van der Waals surface area (Å²) in [7, 11) is 0. The average Bonchev–Trinajstić information content (AvgIpc) is 3.33. The zero-order chi connectivity index (χ0) is 24.9. The summed E-state index contributed by atoms with van der Waals surface area (Å²) in [5.41, 5.74) is 1.39. The van der Waals surface area contributed by atoms with Gasteiger partial charge in [0.15, 0.2) is 5.76 Å². The fourth-order valence-corrected chi connectivity index (χ4v) is 5.42. The van der Waals surface area contributed by atoms with Crippen LogP contribution < -0.4 is 4.74 Å². The predicted octanol–water partition coefficient (Wildman–Crippen LogP) is 3.85. The number of thiazole rings is 1. The predicted molar refractivity (Wildman–Crippen MR) is 134 cm³/mol. The number of benzene rings is 1. The number of carbonyl (C=O) groups excluding carboxylic acids is 2. The monoisotopic (exact) mass is 499 g/mol. The summed E-state index contributed by atoms with van der Waals surface area (Å²) >= 11 is 1.28. The Morgan fingerprint density at radius 2 is 1.97 bits per heavy atom. The van der Waals surface area contributed by atoms with Gasteiger partial charge < -0.3 is 19.5 Å². The SMILES string of the molecule is CCCCOc1ccccc1C1C(C(=O)c2sc(C)nc2C)=C(O)C(=O)N1CCN1CCOCC1. The minimum Gasteiger partial charge on any atom is -0.503 e. The van der Waals surface area contributed by atoms with E-state index in [1.165, 1.54) is 11.3 Å². The van der Waals surface area contributed by atoms with Crippen molar-refractivity contribution in [2.75, 3.05) is 46.0 Å². The Morgan fingerprint density at radius 1 is 1.23 bits per heavy atom. The van der Waals surface area contributed by atoms with E-state index in [0.717, 1.165) is 30.9 Å². The van der Waals surface area contributed by atoms with Crippen molar-refractivity contribution >= 4 is 23.0 Å². The van der Waals surface area contributed by atoms with Gasteiger partial charge in [-0.1, -0.05) is 31.5 Å². The second-order valence-corrected chi connectivity index (χ2v) is 10.0. The van der Waals surface area contributed by atoms with Crippen LogP contribution in [0, 0.1) is 13.8 Å². The molecule has 2 aliphatic heterocycles. The molecule has 2 aliphatic rings. The topological polar surface area (TPSA) is 92.2 Å². The number of hydrogen-bond acceptors (Lipinski definition) is 8. The lowest BCUT2D eigenvalue weighted by atomic mass is 9.94. The van der Waals surface area contributed by atoms with Gasteiger partial charge >= 0.3 is 0 Å². The Bertz CT molecular complexity index is 1110. The van der Waals surface area contributed by atoms with Crippen molar-refractivity contribution in [1.82, 2.24) is 14.8 Å². The number of aromatic nitrogens is 1. The minimum absolute atomic E-state index is 0.0928. The Kier molecular flexibility index (Phi) is 8.20. The van der Waals surface area contributed by atoms with Gasteiger partial charge in [-0.15, -0.1) is 11.3 Å². The molecule has 0 bridgehead atoms. The van der Waals surface area contributed by atoms with Gasteiger partial charge in [-0.3, -0.25) is 14.5 Å². The molecule has 3 heterocycles. The van der Waals surface area contributed by atoms with Crippen LogP contribution in [0.15, 0.2) is 35.6 Å². The quantitative estimate of drug-likeness (QED) is 0.392. The molecule has 1 aromatic carbocycles.